The number of hydrogen-bond donors (Lipinski definition) is 1. The minimum absolute atomic E-state index is 0.363. The van der Waals surface area contributed by atoms with Gasteiger partial charge in [0, 0.05) is 18.7 Å². The topological polar surface area (TPSA) is 23.5 Å². The first kappa shape index (κ1) is 13.4. The molecule has 1 aliphatic heterocycles. The number of aliphatic hydroxyl groups is 1. The molecule has 3 atom stereocenters. The quantitative estimate of drug-likeness (QED) is 0.815. The third-order valence-corrected chi connectivity index (χ3v) is 4.74. The lowest BCUT2D eigenvalue weighted by molar-refractivity contribution is 0.0919. The van der Waals surface area contributed by atoms with Crippen molar-refractivity contribution < 1.29 is 5.11 Å². The van der Waals surface area contributed by atoms with Crippen molar-refractivity contribution in [1.82, 2.24) is 4.90 Å². The van der Waals surface area contributed by atoms with E-state index in [9.17, 15) is 0 Å². The minimum atomic E-state index is 0.363. The molecule has 3 unspecified atom stereocenters. The molecule has 2 aliphatic rings. The molecule has 0 amide bonds. The average molecular weight is 239 g/mol. The number of hydrogen-bond acceptors (Lipinski definition) is 2. The Morgan fingerprint density at radius 2 is 1.82 bits per heavy atom. The van der Waals surface area contributed by atoms with Crippen LogP contribution in [0.5, 0.6) is 0 Å². The Bertz CT molecular complexity index is 221. The maximum absolute atomic E-state index is 8.99. The molecule has 1 saturated heterocycles. The van der Waals surface area contributed by atoms with Gasteiger partial charge in [-0.3, -0.25) is 4.90 Å². The summed E-state index contributed by atoms with van der Waals surface area (Å²) < 4.78 is 0. The molecule has 0 spiro atoms. The predicted molar refractivity (Wildman–Crippen MR) is 72.0 cm³/mol. The second-order valence-electron chi connectivity index (χ2n) is 6.47. The highest BCUT2D eigenvalue weighted by atomic mass is 16.2. The third-order valence-electron chi connectivity index (χ3n) is 4.74. The highest BCUT2D eigenvalue weighted by Gasteiger charge is 2.34. The summed E-state index contributed by atoms with van der Waals surface area (Å²) in [6, 6.07) is 1.60. The molecule has 0 aromatic carbocycles. The minimum Gasteiger partial charge on any atom is -0.396 e. The second kappa shape index (κ2) is 6.19. The van der Waals surface area contributed by atoms with Crippen LogP contribution in [-0.2, 0) is 0 Å². The second-order valence-corrected chi connectivity index (χ2v) is 6.47. The van der Waals surface area contributed by atoms with E-state index in [2.05, 4.69) is 18.7 Å². The zero-order chi connectivity index (χ0) is 12.3. The molecule has 2 fully saturated rings. The standard InChI is InChI=1S/C15H29NO/c1-12-9-13(2)11-15(10-12)16-7-3-5-14(16)6-4-8-17/h12-15,17H,3-11H2,1-2H3. The molecule has 17 heavy (non-hydrogen) atoms. The summed E-state index contributed by atoms with van der Waals surface area (Å²) in [6.45, 7) is 6.50. The normalized spacial score (nSPS) is 39.7. The molecule has 2 rings (SSSR count). The van der Waals surface area contributed by atoms with Gasteiger partial charge in [0.1, 0.15) is 0 Å². The maximum atomic E-state index is 8.99. The van der Waals surface area contributed by atoms with Crippen molar-refractivity contribution >= 4 is 0 Å². The zero-order valence-electron chi connectivity index (χ0n) is 11.6. The summed E-state index contributed by atoms with van der Waals surface area (Å²) in [7, 11) is 0. The predicted octanol–water partition coefficient (Wildman–Crippen LogP) is 3.05. The number of likely N-dealkylation sites (tertiary alicyclic amines) is 1. The molecule has 1 aliphatic carbocycles. The van der Waals surface area contributed by atoms with Gasteiger partial charge < -0.3 is 5.11 Å². The van der Waals surface area contributed by atoms with E-state index in [1.807, 2.05) is 0 Å². The van der Waals surface area contributed by atoms with Crippen molar-refractivity contribution in [3.8, 4) is 0 Å². The Balaban J connectivity index is 1.90. The molecule has 100 valence electrons. The van der Waals surface area contributed by atoms with E-state index in [0.717, 1.165) is 30.3 Å². The van der Waals surface area contributed by atoms with Crippen LogP contribution < -0.4 is 0 Å². The van der Waals surface area contributed by atoms with E-state index in [1.165, 1.54) is 45.1 Å². The van der Waals surface area contributed by atoms with Gasteiger partial charge in [-0.15, -0.1) is 0 Å². The molecule has 0 bridgehead atoms. The fraction of sp³-hybridized carbons (Fsp3) is 1.00. The SMILES string of the molecule is CC1CC(C)CC(N2CCCC2CCCO)C1. The van der Waals surface area contributed by atoms with Crippen LogP contribution in [-0.4, -0.2) is 35.2 Å². The van der Waals surface area contributed by atoms with E-state index in [4.69, 9.17) is 5.11 Å². The molecule has 1 saturated carbocycles. The van der Waals surface area contributed by atoms with Crippen molar-refractivity contribution in [2.75, 3.05) is 13.2 Å². The van der Waals surface area contributed by atoms with Crippen molar-refractivity contribution in [1.29, 1.82) is 0 Å². The van der Waals surface area contributed by atoms with Gasteiger partial charge in [0.05, 0.1) is 0 Å². The fourth-order valence-electron chi connectivity index (χ4n) is 4.15. The fourth-order valence-corrected chi connectivity index (χ4v) is 4.15. The van der Waals surface area contributed by atoms with Crippen molar-refractivity contribution in [3.05, 3.63) is 0 Å². The molecule has 1 N–H and O–H groups in total. The van der Waals surface area contributed by atoms with E-state index in [1.54, 1.807) is 0 Å². The Labute approximate surface area is 106 Å². The lowest BCUT2D eigenvalue weighted by Crippen LogP contribution is -2.43. The lowest BCUT2D eigenvalue weighted by atomic mass is 9.79. The first-order valence-corrected chi connectivity index (χ1v) is 7.57. The van der Waals surface area contributed by atoms with Gasteiger partial charge in [0.25, 0.3) is 0 Å². The van der Waals surface area contributed by atoms with Gasteiger partial charge in [-0.2, -0.15) is 0 Å². The average Bonchev–Trinajstić information content (AvgIpc) is 2.73. The summed E-state index contributed by atoms with van der Waals surface area (Å²) in [5, 5.41) is 8.99. The highest BCUT2D eigenvalue weighted by molar-refractivity contribution is 4.89. The van der Waals surface area contributed by atoms with Crippen LogP contribution in [0.2, 0.25) is 0 Å². The van der Waals surface area contributed by atoms with E-state index >= 15 is 0 Å². The Kier molecular flexibility index (Phi) is 4.87. The summed E-state index contributed by atoms with van der Waals surface area (Å²) in [5.41, 5.74) is 0. The maximum Gasteiger partial charge on any atom is 0.0431 e. The zero-order valence-corrected chi connectivity index (χ0v) is 11.6. The monoisotopic (exact) mass is 239 g/mol. The van der Waals surface area contributed by atoms with Crippen molar-refractivity contribution in [2.24, 2.45) is 11.8 Å². The van der Waals surface area contributed by atoms with Crippen LogP contribution in [0, 0.1) is 11.8 Å². The smallest absolute Gasteiger partial charge is 0.0431 e. The summed E-state index contributed by atoms with van der Waals surface area (Å²) in [6.07, 6.45) is 9.15. The van der Waals surface area contributed by atoms with Gasteiger partial charge in [0.15, 0.2) is 0 Å². The van der Waals surface area contributed by atoms with E-state index in [0.29, 0.717) is 6.61 Å². The first-order valence-electron chi connectivity index (χ1n) is 7.57. The Morgan fingerprint density at radius 1 is 1.12 bits per heavy atom. The largest absolute Gasteiger partial charge is 0.396 e. The van der Waals surface area contributed by atoms with E-state index in [-0.39, 0.29) is 0 Å². The highest BCUT2D eigenvalue weighted by Crippen LogP contribution is 2.35. The first-order chi connectivity index (χ1) is 8.20. The molecule has 1 heterocycles. The lowest BCUT2D eigenvalue weighted by Gasteiger charge is -2.40. The van der Waals surface area contributed by atoms with Crippen molar-refractivity contribution in [3.63, 3.8) is 0 Å². The molecule has 2 heteroatoms. The number of rotatable bonds is 4. The molecule has 0 aromatic heterocycles. The molecule has 2 nitrogen and oxygen atoms in total. The Hall–Kier alpha value is -0.0800. The third kappa shape index (κ3) is 3.45. The Morgan fingerprint density at radius 3 is 2.47 bits per heavy atom. The van der Waals surface area contributed by atoms with Crippen LogP contribution >= 0.6 is 0 Å². The van der Waals surface area contributed by atoms with Gasteiger partial charge in [-0.25, -0.2) is 0 Å². The van der Waals surface area contributed by atoms with Crippen LogP contribution in [0.25, 0.3) is 0 Å². The van der Waals surface area contributed by atoms with Gasteiger partial charge in [-0.1, -0.05) is 13.8 Å². The molecular weight excluding hydrogens is 210 g/mol. The van der Waals surface area contributed by atoms with Crippen LogP contribution in [0.4, 0.5) is 0 Å². The van der Waals surface area contributed by atoms with E-state index < -0.39 is 0 Å². The van der Waals surface area contributed by atoms with Crippen LogP contribution in [0.3, 0.4) is 0 Å². The summed E-state index contributed by atoms with van der Waals surface area (Å²) in [5.74, 6) is 1.81. The molecule has 0 radical (unpaired) electrons. The van der Waals surface area contributed by atoms with Crippen LogP contribution in [0.15, 0.2) is 0 Å². The number of nitrogens with zero attached hydrogens (tertiary/aromatic N) is 1. The molecular formula is C15H29NO. The number of aliphatic hydroxyl groups excluding tert-OH is 1. The van der Waals surface area contributed by atoms with Gasteiger partial charge in [0.2, 0.25) is 0 Å². The summed E-state index contributed by atoms with van der Waals surface area (Å²) >= 11 is 0. The van der Waals surface area contributed by atoms with Crippen LogP contribution in [0.1, 0.15) is 58.8 Å². The molecule has 0 aromatic rings. The van der Waals surface area contributed by atoms with Crippen molar-refractivity contribution in [2.45, 2.75) is 70.9 Å². The van der Waals surface area contributed by atoms with Gasteiger partial charge in [-0.05, 0) is 63.3 Å². The summed E-state index contributed by atoms with van der Waals surface area (Å²) in [4.78, 5) is 2.78. The van der Waals surface area contributed by atoms with Gasteiger partial charge >= 0.3 is 0 Å².